The molecule has 16 heavy (non-hydrogen) atoms. The predicted octanol–water partition coefficient (Wildman–Crippen LogP) is -2.59. The predicted molar refractivity (Wildman–Crippen MR) is 62.2 cm³/mol. The lowest BCUT2D eigenvalue weighted by Gasteiger charge is -2.39. The molecule has 7 nitrogen and oxygen atoms in total. The summed E-state index contributed by atoms with van der Waals surface area (Å²) in [5.74, 6) is 0. The van der Waals surface area contributed by atoms with Gasteiger partial charge in [0.2, 0.25) is 0 Å². The van der Waals surface area contributed by atoms with Crippen LogP contribution in [0.1, 0.15) is 0 Å². The van der Waals surface area contributed by atoms with Crippen LogP contribution < -0.4 is 0 Å². The smallest absolute Gasteiger partial charge is 0.186 e. The van der Waals surface area contributed by atoms with Crippen molar-refractivity contribution in [2.75, 3.05) is 19.8 Å². The summed E-state index contributed by atoms with van der Waals surface area (Å²) >= 11 is 0. The average molecular weight is 352 g/mol. The highest BCUT2D eigenvalue weighted by molar-refractivity contribution is 14.0. The minimum atomic E-state index is -1.44. The zero-order valence-electron chi connectivity index (χ0n) is 8.47. The quantitative estimate of drug-likeness (QED) is 0.353. The minimum Gasteiger partial charge on any atom is -0.394 e. The van der Waals surface area contributed by atoms with E-state index in [0.29, 0.717) is 0 Å². The van der Waals surface area contributed by atoms with E-state index in [4.69, 9.17) is 19.7 Å². The van der Waals surface area contributed by atoms with Crippen molar-refractivity contribution in [3.05, 3.63) is 0 Å². The van der Waals surface area contributed by atoms with Crippen LogP contribution in [0.2, 0.25) is 0 Å². The molecule has 1 fully saturated rings. The second-order valence-electron chi connectivity index (χ2n) is 3.29. The Bertz CT molecular complexity index is 191. The van der Waals surface area contributed by atoms with Gasteiger partial charge in [0, 0.05) is 0 Å². The maximum Gasteiger partial charge on any atom is 0.186 e. The third kappa shape index (κ3) is 3.74. The van der Waals surface area contributed by atoms with Crippen molar-refractivity contribution in [3.63, 3.8) is 0 Å². The molecule has 0 bridgehead atoms. The monoisotopic (exact) mass is 352 g/mol. The first kappa shape index (κ1) is 16.4. The molecular formula is C8H17IO7. The molecular weight excluding hydrogens is 335 g/mol. The molecule has 0 aliphatic carbocycles. The SMILES string of the molecule is I.OCCOC1O[C@H](CO)[C@H](O)[C@H](O)[C@H]1O. The first-order chi connectivity index (χ1) is 7.11. The van der Waals surface area contributed by atoms with Crippen molar-refractivity contribution in [2.24, 2.45) is 0 Å². The summed E-state index contributed by atoms with van der Waals surface area (Å²) in [6.07, 6.45) is -6.38. The topological polar surface area (TPSA) is 120 Å². The van der Waals surface area contributed by atoms with Crippen LogP contribution in [0.3, 0.4) is 0 Å². The lowest BCUT2D eigenvalue weighted by Crippen LogP contribution is -2.59. The molecule has 0 radical (unpaired) electrons. The first-order valence-corrected chi connectivity index (χ1v) is 4.64. The summed E-state index contributed by atoms with van der Waals surface area (Å²) in [5.41, 5.74) is 0. The van der Waals surface area contributed by atoms with Gasteiger partial charge in [0.05, 0.1) is 19.8 Å². The van der Waals surface area contributed by atoms with E-state index in [1.54, 1.807) is 0 Å². The lowest BCUT2D eigenvalue weighted by atomic mass is 9.99. The van der Waals surface area contributed by atoms with Gasteiger partial charge in [0.1, 0.15) is 24.4 Å². The maximum absolute atomic E-state index is 9.42. The van der Waals surface area contributed by atoms with E-state index in [2.05, 4.69) is 0 Å². The van der Waals surface area contributed by atoms with Crippen LogP contribution in [0.25, 0.3) is 0 Å². The molecule has 1 unspecified atom stereocenters. The van der Waals surface area contributed by atoms with Gasteiger partial charge in [-0.05, 0) is 0 Å². The van der Waals surface area contributed by atoms with Crippen LogP contribution in [0.15, 0.2) is 0 Å². The molecule has 1 heterocycles. The number of hydrogen-bond donors (Lipinski definition) is 5. The van der Waals surface area contributed by atoms with Crippen molar-refractivity contribution in [1.82, 2.24) is 0 Å². The fourth-order valence-electron chi connectivity index (χ4n) is 1.37. The fraction of sp³-hybridized carbons (Fsp3) is 1.00. The minimum absolute atomic E-state index is 0. The molecule has 0 saturated carbocycles. The largest absolute Gasteiger partial charge is 0.394 e. The van der Waals surface area contributed by atoms with E-state index in [0.717, 1.165) is 0 Å². The molecule has 0 aromatic heterocycles. The van der Waals surface area contributed by atoms with Crippen molar-refractivity contribution in [3.8, 4) is 0 Å². The van der Waals surface area contributed by atoms with E-state index in [9.17, 15) is 15.3 Å². The zero-order valence-corrected chi connectivity index (χ0v) is 10.8. The summed E-state index contributed by atoms with van der Waals surface area (Å²) in [6.45, 7) is -0.818. The molecule has 1 saturated heterocycles. The summed E-state index contributed by atoms with van der Waals surface area (Å²) < 4.78 is 9.88. The van der Waals surface area contributed by atoms with E-state index < -0.39 is 37.3 Å². The van der Waals surface area contributed by atoms with Gasteiger partial charge in [-0.25, -0.2) is 0 Å². The second kappa shape index (κ2) is 7.71. The molecule has 1 aliphatic heterocycles. The highest BCUT2D eigenvalue weighted by Crippen LogP contribution is 2.21. The van der Waals surface area contributed by atoms with Crippen LogP contribution in [0, 0.1) is 0 Å². The lowest BCUT2D eigenvalue weighted by molar-refractivity contribution is -0.302. The molecule has 8 heteroatoms. The average Bonchev–Trinajstić information content (AvgIpc) is 2.25. The number of hydrogen-bond acceptors (Lipinski definition) is 7. The Labute approximate surface area is 110 Å². The summed E-state index contributed by atoms with van der Waals surface area (Å²) in [7, 11) is 0. The van der Waals surface area contributed by atoms with Gasteiger partial charge >= 0.3 is 0 Å². The Kier molecular flexibility index (Phi) is 7.93. The molecule has 98 valence electrons. The van der Waals surface area contributed by atoms with E-state index in [1.807, 2.05) is 0 Å². The van der Waals surface area contributed by atoms with Gasteiger partial charge in [-0.15, -0.1) is 24.0 Å². The highest BCUT2D eigenvalue weighted by Gasteiger charge is 2.43. The Morgan fingerprint density at radius 2 is 1.62 bits per heavy atom. The maximum atomic E-state index is 9.42. The number of ether oxygens (including phenoxy) is 2. The fourth-order valence-corrected chi connectivity index (χ4v) is 1.37. The molecule has 1 rings (SSSR count). The molecule has 0 aromatic carbocycles. The number of rotatable bonds is 4. The molecule has 5 N–H and O–H groups in total. The molecule has 0 amide bonds. The van der Waals surface area contributed by atoms with Crippen LogP contribution in [-0.2, 0) is 9.47 Å². The van der Waals surface area contributed by atoms with E-state index in [-0.39, 0.29) is 37.2 Å². The van der Waals surface area contributed by atoms with Crippen molar-refractivity contribution in [2.45, 2.75) is 30.7 Å². The Morgan fingerprint density at radius 1 is 1.00 bits per heavy atom. The van der Waals surface area contributed by atoms with Gasteiger partial charge in [0.25, 0.3) is 0 Å². The van der Waals surface area contributed by atoms with Gasteiger partial charge in [-0.3, -0.25) is 0 Å². The van der Waals surface area contributed by atoms with Crippen molar-refractivity contribution in [1.29, 1.82) is 0 Å². The summed E-state index contributed by atoms with van der Waals surface area (Å²) in [5, 5.41) is 45.5. The van der Waals surface area contributed by atoms with Crippen LogP contribution in [-0.4, -0.2) is 76.1 Å². The van der Waals surface area contributed by atoms with E-state index in [1.165, 1.54) is 0 Å². The number of halogens is 1. The molecule has 1 aliphatic rings. The molecule has 0 spiro atoms. The third-order valence-corrected chi connectivity index (χ3v) is 2.22. The number of aliphatic hydroxyl groups is 5. The highest BCUT2D eigenvalue weighted by atomic mass is 127. The van der Waals surface area contributed by atoms with Gasteiger partial charge in [-0.1, -0.05) is 0 Å². The van der Waals surface area contributed by atoms with E-state index >= 15 is 0 Å². The van der Waals surface area contributed by atoms with Crippen LogP contribution in [0.5, 0.6) is 0 Å². The summed E-state index contributed by atoms with van der Waals surface area (Å²) in [4.78, 5) is 0. The van der Waals surface area contributed by atoms with Crippen molar-refractivity contribution >= 4 is 24.0 Å². The van der Waals surface area contributed by atoms with Crippen molar-refractivity contribution < 1.29 is 35.0 Å². The Balaban J connectivity index is 0.00000225. The zero-order chi connectivity index (χ0) is 11.4. The van der Waals surface area contributed by atoms with Gasteiger partial charge in [-0.2, -0.15) is 0 Å². The third-order valence-electron chi connectivity index (χ3n) is 2.22. The van der Waals surface area contributed by atoms with Crippen LogP contribution in [0.4, 0.5) is 0 Å². The van der Waals surface area contributed by atoms with Gasteiger partial charge < -0.3 is 35.0 Å². The normalized spacial score (nSPS) is 39.2. The van der Waals surface area contributed by atoms with Gasteiger partial charge in [0.15, 0.2) is 6.29 Å². The summed E-state index contributed by atoms with van der Waals surface area (Å²) in [6, 6.07) is 0. The molecule has 5 atom stereocenters. The Hall–Kier alpha value is 0.450. The number of aliphatic hydroxyl groups excluding tert-OH is 5. The molecule has 0 aromatic rings. The second-order valence-corrected chi connectivity index (χ2v) is 3.29. The first-order valence-electron chi connectivity index (χ1n) is 4.64. The van der Waals surface area contributed by atoms with Crippen LogP contribution >= 0.6 is 24.0 Å². The Morgan fingerprint density at radius 3 is 2.12 bits per heavy atom. The standard InChI is InChI=1S/C8H16O7.HI/c9-1-2-14-8-7(13)6(12)5(11)4(3-10)15-8;/h4-13H,1-3H2;1H/t4-,5+,6+,7-,8?;/m1./s1.